The molecule has 1 heterocycles. The SMILES string of the molecule is C[N+]1(CC2CC2)CCC23CCCC[C@@]2(O)[C@H]1Cc1ccc(C(N)=O)c(O)c13. The summed E-state index contributed by atoms with van der Waals surface area (Å²) in [6.45, 7) is 2.19. The first-order chi connectivity index (χ1) is 12.8. The number of fused-ring (bicyclic) bond motifs is 1. The second-order valence-electron chi connectivity index (χ2n) is 9.87. The average Bonchev–Trinajstić information content (AvgIpc) is 3.42. The molecule has 27 heavy (non-hydrogen) atoms. The van der Waals surface area contributed by atoms with E-state index in [1.54, 1.807) is 6.07 Å². The summed E-state index contributed by atoms with van der Waals surface area (Å²) in [5.74, 6) is 0.233. The molecule has 2 saturated carbocycles. The fourth-order valence-corrected chi connectivity index (χ4v) is 6.93. The van der Waals surface area contributed by atoms with E-state index in [9.17, 15) is 15.0 Å². The molecule has 0 radical (unpaired) electrons. The molecule has 1 aliphatic heterocycles. The number of carbonyl (C=O) groups is 1. The maximum Gasteiger partial charge on any atom is 0.252 e. The van der Waals surface area contributed by atoms with E-state index in [1.807, 2.05) is 6.07 Å². The van der Waals surface area contributed by atoms with Crippen molar-refractivity contribution in [2.75, 3.05) is 20.1 Å². The minimum Gasteiger partial charge on any atom is -0.507 e. The number of likely N-dealkylation sites (N-methyl/N-ethyl adjacent to an activating group) is 1. The second kappa shape index (κ2) is 5.48. The summed E-state index contributed by atoms with van der Waals surface area (Å²) in [4.78, 5) is 11.8. The van der Waals surface area contributed by atoms with Crippen molar-refractivity contribution >= 4 is 5.91 Å². The molecule has 1 amide bonds. The van der Waals surface area contributed by atoms with Crippen LogP contribution in [0.3, 0.4) is 0 Å². The number of aromatic hydroxyl groups is 1. The van der Waals surface area contributed by atoms with E-state index in [4.69, 9.17) is 5.73 Å². The molecular weight excluding hydrogens is 340 g/mol. The fraction of sp³-hybridized carbons (Fsp3) is 0.682. The minimum atomic E-state index is -0.812. The van der Waals surface area contributed by atoms with Crippen molar-refractivity contribution in [3.8, 4) is 5.75 Å². The number of piperidine rings is 1. The Morgan fingerprint density at radius 3 is 2.70 bits per heavy atom. The number of rotatable bonds is 3. The number of aliphatic hydroxyl groups is 1. The van der Waals surface area contributed by atoms with Crippen LogP contribution in [0.25, 0.3) is 0 Å². The third kappa shape index (κ3) is 2.21. The largest absolute Gasteiger partial charge is 0.507 e. The number of nitrogens with zero attached hydrogens (tertiary/aromatic N) is 1. The van der Waals surface area contributed by atoms with Crippen LogP contribution in [-0.4, -0.2) is 52.4 Å². The Morgan fingerprint density at radius 2 is 2.00 bits per heavy atom. The van der Waals surface area contributed by atoms with E-state index in [2.05, 4.69) is 7.05 Å². The summed E-state index contributed by atoms with van der Waals surface area (Å²) in [5, 5.41) is 23.2. The molecule has 3 fully saturated rings. The number of amides is 1. The molecule has 0 aromatic heterocycles. The van der Waals surface area contributed by atoms with Gasteiger partial charge in [0.25, 0.3) is 5.91 Å². The zero-order valence-electron chi connectivity index (χ0n) is 16.2. The van der Waals surface area contributed by atoms with Crippen molar-refractivity contribution in [1.82, 2.24) is 0 Å². The standard InChI is InChI=1S/C22H30N2O3/c1-24(13-14-4-5-14)11-10-21-8-2-3-9-22(21,27)17(24)12-15-6-7-16(20(23)26)19(25)18(15)21/h6-7,14,17,27H,2-5,8-13H2,1H3,(H2-,23,25,26)/p+1/t17-,21?,22-,24?/m1/s1. The van der Waals surface area contributed by atoms with Crippen LogP contribution in [0.2, 0.25) is 0 Å². The number of likely N-dealkylation sites (tertiary alicyclic amines) is 1. The van der Waals surface area contributed by atoms with Gasteiger partial charge in [0.2, 0.25) is 0 Å². The maximum atomic E-state index is 12.2. The van der Waals surface area contributed by atoms with Crippen LogP contribution in [0.15, 0.2) is 12.1 Å². The molecule has 1 aromatic carbocycles. The lowest BCUT2D eigenvalue weighted by atomic mass is 9.48. The van der Waals surface area contributed by atoms with Gasteiger partial charge in [0, 0.05) is 29.7 Å². The van der Waals surface area contributed by atoms with E-state index < -0.39 is 16.9 Å². The molecule has 1 aromatic rings. The van der Waals surface area contributed by atoms with E-state index in [0.29, 0.717) is 0 Å². The number of quaternary nitrogens is 1. The molecule has 0 spiro atoms. The predicted molar refractivity (Wildman–Crippen MR) is 102 cm³/mol. The van der Waals surface area contributed by atoms with Crippen LogP contribution in [0.4, 0.5) is 0 Å². The Bertz CT molecular complexity index is 820. The van der Waals surface area contributed by atoms with Gasteiger partial charge in [-0.2, -0.15) is 0 Å². The third-order valence-corrected chi connectivity index (χ3v) is 8.39. The molecule has 3 aliphatic carbocycles. The highest BCUT2D eigenvalue weighted by Crippen LogP contribution is 2.61. The molecule has 4 N–H and O–H groups in total. The molecule has 146 valence electrons. The Morgan fingerprint density at radius 1 is 1.26 bits per heavy atom. The van der Waals surface area contributed by atoms with Crippen LogP contribution >= 0.6 is 0 Å². The Kier molecular flexibility index (Phi) is 3.55. The number of hydrogen-bond acceptors (Lipinski definition) is 3. The summed E-state index contributed by atoms with van der Waals surface area (Å²) < 4.78 is 0.945. The maximum absolute atomic E-state index is 12.2. The summed E-state index contributed by atoms with van der Waals surface area (Å²) in [5.41, 5.74) is 6.38. The van der Waals surface area contributed by atoms with Gasteiger partial charge in [-0.3, -0.25) is 4.79 Å². The lowest BCUT2D eigenvalue weighted by Gasteiger charge is -2.65. The number of phenols is 1. The van der Waals surface area contributed by atoms with Gasteiger partial charge >= 0.3 is 0 Å². The molecule has 5 nitrogen and oxygen atoms in total. The van der Waals surface area contributed by atoms with Crippen LogP contribution < -0.4 is 5.73 Å². The van der Waals surface area contributed by atoms with Crippen LogP contribution in [0, 0.1) is 5.92 Å². The van der Waals surface area contributed by atoms with Crippen LogP contribution in [0.1, 0.15) is 66.4 Å². The van der Waals surface area contributed by atoms with Gasteiger partial charge in [0.05, 0.1) is 25.7 Å². The normalized spacial score (nSPS) is 40.1. The highest BCUT2D eigenvalue weighted by molar-refractivity contribution is 5.96. The quantitative estimate of drug-likeness (QED) is 0.713. The molecule has 2 bridgehead atoms. The van der Waals surface area contributed by atoms with Crippen molar-refractivity contribution < 1.29 is 19.5 Å². The van der Waals surface area contributed by atoms with Gasteiger partial charge in [0.1, 0.15) is 17.4 Å². The van der Waals surface area contributed by atoms with E-state index in [1.165, 1.54) is 12.8 Å². The van der Waals surface area contributed by atoms with Gasteiger partial charge in [0.15, 0.2) is 0 Å². The lowest BCUT2D eigenvalue weighted by Crippen LogP contribution is -2.77. The highest BCUT2D eigenvalue weighted by atomic mass is 16.3. The van der Waals surface area contributed by atoms with E-state index in [0.717, 1.165) is 73.1 Å². The van der Waals surface area contributed by atoms with Gasteiger partial charge < -0.3 is 20.4 Å². The Labute approximate surface area is 160 Å². The number of nitrogens with two attached hydrogens (primary N) is 1. The van der Waals surface area contributed by atoms with E-state index >= 15 is 0 Å². The van der Waals surface area contributed by atoms with Crippen molar-refractivity contribution in [2.24, 2.45) is 11.7 Å². The van der Waals surface area contributed by atoms with Crippen LogP contribution in [0.5, 0.6) is 5.75 Å². The van der Waals surface area contributed by atoms with Gasteiger partial charge in [-0.25, -0.2) is 0 Å². The summed E-state index contributed by atoms with van der Waals surface area (Å²) in [6, 6.07) is 3.81. The van der Waals surface area contributed by atoms with Gasteiger partial charge in [-0.15, -0.1) is 0 Å². The molecule has 5 heteroatoms. The lowest BCUT2D eigenvalue weighted by molar-refractivity contribution is -0.950. The zero-order valence-corrected chi connectivity index (χ0v) is 16.2. The smallest absolute Gasteiger partial charge is 0.252 e. The number of primary amides is 1. The fourth-order valence-electron chi connectivity index (χ4n) is 6.93. The Hall–Kier alpha value is -1.59. The first-order valence-corrected chi connectivity index (χ1v) is 10.5. The monoisotopic (exact) mass is 371 g/mol. The molecule has 2 unspecified atom stereocenters. The molecular formula is C22H31N2O3+. The zero-order chi connectivity index (χ0) is 19.0. The summed E-state index contributed by atoms with van der Waals surface area (Å²) in [7, 11) is 2.34. The third-order valence-electron chi connectivity index (χ3n) is 8.39. The van der Waals surface area contributed by atoms with Crippen molar-refractivity contribution in [3.63, 3.8) is 0 Å². The van der Waals surface area contributed by atoms with Crippen molar-refractivity contribution in [1.29, 1.82) is 0 Å². The number of benzene rings is 1. The summed E-state index contributed by atoms with van der Waals surface area (Å²) >= 11 is 0. The molecule has 1 saturated heterocycles. The number of hydrogen-bond donors (Lipinski definition) is 3. The number of carbonyl (C=O) groups excluding carboxylic acids is 1. The minimum absolute atomic E-state index is 0.0251. The second-order valence-corrected chi connectivity index (χ2v) is 9.87. The van der Waals surface area contributed by atoms with Gasteiger partial charge in [-0.1, -0.05) is 18.9 Å². The average molecular weight is 372 g/mol. The van der Waals surface area contributed by atoms with Crippen molar-refractivity contribution in [2.45, 2.75) is 68.4 Å². The first-order valence-electron chi connectivity index (χ1n) is 10.5. The topological polar surface area (TPSA) is 83.5 Å². The first kappa shape index (κ1) is 17.5. The summed E-state index contributed by atoms with van der Waals surface area (Å²) in [6.07, 6.45) is 8.04. The Balaban J connectivity index is 1.71. The molecule has 4 aliphatic rings. The highest BCUT2D eigenvalue weighted by Gasteiger charge is 2.69. The van der Waals surface area contributed by atoms with Crippen molar-refractivity contribution in [3.05, 3.63) is 28.8 Å². The molecule has 4 atom stereocenters. The van der Waals surface area contributed by atoms with E-state index in [-0.39, 0.29) is 17.4 Å². The van der Waals surface area contributed by atoms with Gasteiger partial charge in [-0.05, 0) is 37.3 Å². The van der Waals surface area contributed by atoms with Crippen LogP contribution in [-0.2, 0) is 11.8 Å². The predicted octanol–water partition coefficient (Wildman–Crippen LogP) is 2.22. The molecule has 5 rings (SSSR count).